The summed E-state index contributed by atoms with van der Waals surface area (Å²) in [5.74, 6) is 0. The number of nitrogens with two attached hydrogens (primary N) is 1. The number of nitrogens with zero attached hydrogens (tertiary/aromatic N) is 1. The molecule has 0 fully saturated rings. The lowest BCUT2D eigenvalue weighted by Crippen LogP contribution is -2.11. The van der Waals surface area contributed by atoms with E-state index in [1.165, 1.54) is 17.8 Å². The highest BCUT2D eigenvalue weighted by Crippen LogP contribution is 2.32. The molecule has 1 aromatic rings. The molecule has 0 saturated carbocycles. The molecule has 1 atom stereocenters. The smallest absolute Gasteiger partial charge is 0.326 e. The summed E-state index contributed by atoms with van der Waals surface area (Å²) >= 11 is 1.33. The van der Waals surface area contributed by atoms with Crippen LogP contribution in [-0.4, -0.2) is 10.2 Å². The Bertz CT molecular complexity index is 379. The van der Waals surface area contributed by atoms with Gasteiger partial charge in [-0.25, -0.2) is 4.98 Å². The minimum atomic E-state index is -4.40. The third-order valence-electron chi connectivity index (χ3n) is 2.34. The molecule has 0 aliphatic heterocycles. The van der Waals surface area contributed by atoms with Crippen molar-refractivity contribution in [1.82, 2.24) is 4.98 Å². The molecule has 1 unspecified atom stereocenters. The Morgan fingerprint density at radius 2 is 2.06 bits per heavy atom. The van der Waals surface area contributed by atoms with E-state index in [-0.39, 0.29) is 11.8 Å². The minimum absolute atomic E-state index is 0.198. The van der Waals surface area contributed by atoms with Crippen molar-refractivity contribution in [2.24, 2.45) is 5.73 Å². The standard InChI is InChI=1S/C11H15F3N2S/c1-3-7(2)17-10-8(6-15)4-5-9(16-10)11(12,13)14/h4-5,7H,3,6,15H2,1-2H3. The maximum absolute atomic E-state index is 12.5. The van der Waals surface area contributed by atoms with Crippen molar-refractivity contribution in [3.8, 4) is 0 Å². The molecule has 0 amide bonds. The van der Waals surface area contributed by atoms with E-state index in [9.17, 15) is 13.2 Å². The molecule has 17 heavy (non-hydrogen) atoms. The molecule has 0 saturated heterocycles. The molecule has 0 aliphatic carbocycles. The van der Waals surface area contributed by atoms with Gasteiger partial charge in [-0.3, -0.25) is 0 Å². The van der Waals surface area contributed by atoms with Gasteiger partial charge in [0.15, 0.2) is 0 Å². The summed E-state index contributed by atoms with van der Waals surface area (Å²) in [5, 5.41) is 0.605. The van der Waals surface area contributed by atoms with Gasteiger partial charge >= 0.3 is 6.18 Å². The lowest BCUT2D eigenvalue weighted by atomic mass is 10.2. The van der Waals surface area contributed by atoms with Crippen molar-refractivity contribution in [1.29, 1.82) is 0 Å². The average Bonchev–Trinajstić information content (AvgIpc) is 2.27. The first kappa shape index (κ1) is 14.3. The largest absolute Gasteiger partial charge is 0.433 e. The normalized spacial score (nSPS) is 13.8. The van der Waals surface area contributed by atoms with Crippen molar-refractivity contribution in [3.63, 3.8) is 0 Å². The Hall–Kier alpha value is -0.750. The minimum Gasteiger partial charge on any atom is -0.326 e. The van der Waals surface area contributed by atoms with Crippen LogP contribution < -0.4 is 5.73 Å². The van der Waals surface area contributed by atoms with Gasteiger partial charge in [0, 0.05) is 11.8 Å². The molecule has 0 radical (unpaired) electrons. The van der Waals surface area contributed by atoms with Crippen LogP contribution >= 0.6 is 11.8 Å². The number of rotatable bonds is 4. The van der Waals surface area contributed by atoms with E-state index in [1.54, 1.807) is 0 Å². The van der Waals surface area contributed by atoms with Crippen LogP contribution in [0, 0.1) is 0 Å². The molecule has 2 nitrogen and oxygen atoms in total. The van der Waals surface area contributed by atoms with Crippen LogP contribution in [-0.2, 0) is 12.7 Å². The van der Waals surface area contributed by atoms with Crippen molar-refractivity contribution in [2.75, 3.05) is 0 Å². The van der Waals surface area contributed by atoms with E-state index < -0.39 is 11.9 Å². The number of hydrogen-bond donors (Lipinski definition) is 1. The number of aromatic nitrogens is 1. The Morgan fingerprint density at radius 3 is 2.53 bits per heavy atom. The Labute approximate surface area is 103 Å². The van der Waals surface area contributed by atoms with Gasteiger partial charge in [-0.15, -0.1) is 11.8 Å². The molecule has 96 valence electrons. The Kier molecular flexibility index (Phi) is 4.82. The zero-order valence-corrected chi connectivity index (χ0v) is 10.5. The van der Waals surface area contributed by atoms with Crippen LogP contribution in [0.1, 0.15) is 31.5 Å². The fourth-order valence-corrected chi connectivity index (χ4v) is 2.16. The van der Waals surface area contributed by atoms with Gasteiger partial charge in [-0.1, -0.05) is 19.9 Å². The van der Waals surface area contributed by atoms with Gasteiger partial charge in [-0.2, -0.15) is 13.2 Å². The van der Waals surface area contributed by atoms with Gasteiger partial charge in [0.2, 0.25) is 0 Å². The summed E-state index contributed by atoms with van der Waals surface area (Å²) in [6.45, 7) is 4.13. The number of halogens is 3. The molecule has 0 spiro atoms. The third-order valence-corrected chi connectivity index (χ3v) is 3.65. The van der Waals surface area contributed by atoms with E-state index in [2.05, 4.69) is 4.98 Å². The highest BCUT2D eigenvalue weighted by Gasteiger charge is 2.33. The highest BCUT2D eigenvalue weighted by molar-refractivity contribution is 7.99. The van der Waals surface area contributed by atoms with Crippen molar-refractivity contribution >= 4 is 11.8 Å². The van der Waals surface area contributed by atoms with Crippen molar-refractivity contribution in [3.05, 3.63) is 23.4 Å². The molecular formula is C11H15F3N2S. The van der Waals surface area contributed by atoms with Crippen LogP contribution in [0.5, 0.6) is 0 Å². The topological polar surface area (TPSA) is 38.9 Å². The molecule has 0 aromatic carbocycles. The Morgan fingerprint density at radius 1 is 1.41 bits per heavy atom. The number of alkyl halides is 3. The molecule has 2 N–H and O–H groups in total. The van der Waals surface area contributed by atoms with Gasteiger partial charge in [0.1, 0.15) is 10.7 Å². The monoisotopic (exact) mass is 264 g/mol. The fraction of sp³-hybridized carbons (Fsp3) is 0.545. The van der Waals surface area contributed by atoms with E-state index in [4.69, 9.17) is 5.73 Å². The first-order valence-corrected chi connectivity index (χ1v) is 6.20. The highest BCUT2D eigenvalue weighted by atomic mass is 32.2. The fourth-order valence-electron chi connectivity index (χ4n) is 1.16. The quantitative estimate of drug-likeness (QED) is 0.846. The summed E-state index contributed by atoms with van der Waals surface area (Å²) in [6, 6.07) is 2.38. The maximum Gasteiger partial charge on any atom is 0.433 e. The molecule has 0 aliphatic rings. The third kappa shape index (κ3) is 3.89. The second-order valence-electron chi connectivity index (χ2n) is 3.70. The number of thioether (sulfide) groups is 1. The zero-order valence-electron chi connectivity index (χ0n) is 9.71. The van der Waals surface area contributed by atoms with Gasteiger partial charge < -0.3 is 5.73 Å². The van der Waals surface area contributed by atoms with Crippen molar-refractivity contribution < 1.29 is 13.2 Å². The van der Waals surface area contributed by atoms with Gasteiger partial charge in [0.25, 0.3) is 0 Å². The average molecular weight is 264 g/mol. The first-order chi connectivity index (χ1) is 7.88. The van der Waals surface area contributed by atoms with Crippen LogP contribution in [0.2, 0.25) is 0 Å². The number of pyridine rings is 1. The lowest BCUT2D eigenvalue weighted by Gasteiger charge is -2.13. The molecule has 1 heterocycles. The SMILES string of the molecule is CCC(C)Sc1nc(C(F)(F)F)ccc1CN. The van der Waals surface area contributed by atoms with Crippen molar-refractivity contribution in [2.45, 2.75) is 43.3 Å². The summed E-state index contributed by atoms with van der Waals surface area (Å²) in [6.07, 6.45) is -3.54. The molecule has 1 rings (SSSR count). The second kappa shape index (κ2) is 5.73. The molecule has 6 heteroatoms. The van der Waals surface area contributed by atoms with Gasteiger partial charge in [-0.05, 0) is 18.1 Å². The Balaban J connectivity index is 3.07. The summed E-state index contributed by atoms with van der Waals surface area (Å²) in [4.78, 5) is 3.66. The summed E-state index contributed by atoms with van der Waals surface area (Å²) in [5.41, 5.74) is 5.29. The second-order valence-corrected chi connectivity index (χ2v) is 5.13. The summed E-state index contributed by atoms with van der Waals surface area (Å²) < 4.78 is 37.6. The van der Waals surface area contributed by atoms with E-state index in [0.29, 0.717) is 10.6 Å². The van der Waals surface area contributed by atoms with E-state index in [0.717, 1.165) is 12.5 Å². The molecule has 0 bridgehead atoms. The van der Waals surface area contributed by atoms with Crippen LogP contribution in [0.15, 0.2) is 17.2 Å². The number of hydrogen-bond acceptors (Lipinski definition) is 3. The first-order valence-electron chi connectivity index (χ1n) is 5.32. The lowest BCUT2D eigenvalue weighted by molar-refractivity contribution is -0.141. The van der Waals surface area contributed by atoms with Crippen LogP contribution in [0.3, 0.4) is 0 Å². The molecule has 1 aromatic heterocycles. The molecular weight excluding hydrogens is 249 g/mol. The maximum atomic E-state index is 12.5. The predicted molar refractivity (Wildman–Crippen MR) is 62.7 cm³/mol. The van der Waals surface area contributed by atoms with Crippen LogP contribution in [0.4, 0.5) is 13.2 Å². The van der Waals surface area contributed by atoms with E-state index >= 15 is 0 Å². The van der Waals surface area contributed by atoms with Gasteiger partial charge in [0.05, 0.1) is 0 Å². The van der Waals surface area contributed by atoms with E-state index in [1.807, 2.05) is 13.8 Å². The zero-order chi connectivity index (χ0) is 13.1. The predicted octanol–water partition coefficient (Wildman–Crippen LogP) is 3.45. The van der Waals surface area contributed by atoms with Crippen LogP contribution in [0.25, 0.3) is 0 Å². The summed E-state index contributed by atoms with van der Waals surface area (Å²) in [7, 11) is 0.